The van der Waals surface area contributed by atoms with Gasteiger partial charge in [-0.1, -0.05) is 47.3 Å². The predicted octanol–water partition coefficient (Wildman–Crippen LogP) is 5.10. The van der Waals surface area contributed by atoms with Crippen LogP contribution in [0.3, 0.4) is 0 Å². The third-order valence-corrected chi connectivity index (χ3v) is 2.06. The fourth-order valence-electron chi connectivity index (χ4n) is 0.730. The Hall–Kier alpha value is -0.760. The maximum Gasteiger partial charge on any atom is 0.0719 e. The van der Waals surface area contributed by atoms with Crippen molar-refractivity contribution in [1.29, 1.82) is 0 Å². The average Bonchev–Trinajstić information content (AvgIpc) is 2.27. The number of rotatable bonds is 5. The fraction of sp³-hybridized carbons (Fsp3) is 0.733. The molecule has 0 rings (SSSR count). The number of hydrogen-bond acceptors (Lipinski definition) is 2. The van der Waals surface area contributed by atoms with Crippen LogP contribution in [0.1, 0.15) is 60.8 Å². The summed E-state index contributed by atoms with van der Waals surface area (Å²) in [5.74, 6) is 0.777. The van der Waals surface area contributed by atoms with Crippen LogP contribution in [0.5, 0.6) is 0 Å². The summed E-state index contributed by atoms with van der Waals surface area (Å²) in [5.41, 5.74) is 0. The fourth-order valence-corrected chi connectivity index (χ4v) is 0.730. The van der Waals surface area contributed by atoms with E-state index in [9.17, 15) is 0 Å². The monoisotopic (exact) mass is 246 g/mol. The lowest BCUT2D eigenvalue weighted by atomic mass is 10.0. The zero-order valence-corrected chi connectivity index (χ0v) is 11.4. The molecule has 0 bridgehead atoms. The van der Waals surface area contributed by atoms with Crippen molar-refractivity contribution in [3.63, 3.8) is 0 Å². The molecule has 0 spiro atoms. The van der Waals surface area contributed by atoms with Crippen LogP contribution in [0.4, 0.5) is 0 Å². The highest BCUT2D eigenvalue weighted by Crippen LogP contribution is 2.10. The van der Waals surface area contributed by atoms with Gasteiger partial charge in [-0.15, -0.1) is 6.58 Å². The number of aliphatic hydroxyl groups excluding tert-OH is 2. The molecule has 0 amide bonds. The first-order chi connectivity index (χ1) is 7.49. The Morgan fingerprint density at radius 3 is 1.65 bits per heavy atom. The van der Waals surface area contributed by atoms with Gasteiger partial charge in [-0.25, -0.2) is 0 Å². The SMILES string of the molecule is C.C=CCC.C=CO.CCC(C)CCC(C)O. The minimum atomic E-state index is -0.112. The molecule has 0 aromatic heterocycles. The van der Waals surface area contributed by atoms with Gasteiger partial charge in [-0.3, -0.25) is 0 Å². The Kier molecular flexibility index (Phi) is 36.2. The summed E-state index contributed by atoms with van der Waals surface area (Å²) < 4.78 is 0. The second-order valence-corrected chi connectivity index (χ2v) is 3.82. The van der Waals surface area contributed by atoms with Crippen LogP contribution in [0, 0.1) is 5.92 Å². The maximum absolute atomic E-state index is 8.90. The molecule has 2 atom stereocenters. The molecule has 2 unspecified atom stereocenters. The van der Waals surface area contributed by atoms with E-state index in [0.29, 0.717) is 0 Å². The molecule has 0 aliphatic heterocycles. The topological polar surface area (TPSA) is 40.5 Å². The van der Waals surface area contributed by atoms with Crippen LogP contribution in [0.2, 0.25) is 0 Å². The zero-order valence-electron chi connectivity index (χ0n) is 11.4. The van der Waals surface area contributed by atoms with Gasteiger partial charge in [0.25, 0.3) is 0 Å². The van der Waals surface area contributed by atoms with Crippen molar-refractivity contribution in [2.45, 2.75) is 66.9 Å². The van der Waals surface area contributed by atoms with Gasteiger partial charge in [0.1, 0.15) is 0 Å². The van der Waals surface area contributed by atoms with E-state index in [2.05, 4.69) is 33.9 Å². The van der Waals surface area contributed by atoms with Crippen LogP contribution in [0.25, 0.3) is 0 Å². The van der Waals surface area contributed by atoms with Crippen LogP contribution < -0.4 is 0 Å². The molecule has 0 fully saturated rings. The van der Waals surface area contributed by atoms with E-state index in [0.717, 1.165) is 31.4 Å². The van der Waals surface area contributed by atoms with Gasteiger partial charge in [0.15, 0.2) is 0 Å². The number of hydrogen-bond donors (Lipinski definition) is 2. The van der Waals surface area contributed by atoms with Crippen molar-refractivity contribution in [1.82, 2.24) is 0 Å². The standard InChI is InChI=1S/C8H18O.C4H8.C2H4O.CH4/c1-4-7(2)5-6-8(3)9;1-3-4-2;1-2-3;/h7-9H,4-6H2,1-3H3;3H,1,4H2,2H3;2-3H,1H2;1H4. The molecule has 0 heterocycles. The number of aliphatic hydroxyl groups is 2. The Balaban J connectivity index is -0.0000000893. The van der Waals surface area contributed by atoms with Crippen molar-refractivity contribution in [2.24, 2.45) is 5.92 Å². The van der Waals surface area contributed by atoms with Crippen LogP contribution >= 0.6 is 0 Å². The summed E-state index contributed by atoms with van der Waals surface area (Å²) >= 11 is 0. The summed E-state index contributed by atoms with van der Waals surface area (Å²) in [4.78, 5) is 0. The van der Waals surface area contributed by atoms with Crippen LogP contribution in [0.15, 0.2) is 25.5 Å². The van der Waals surface area contributed by atoms with Gasteiger partial charge < -0.3 is 10.2 Å². The average molecular weight is 246 g/mol. The Morgan fingerprint density at radius 1 is 1.12 bits per heavy atom. The minimum absolute atomic E-state index is 0. The smallest absolute Gasteiger partial charge is 0.0719 e. The minimum Gasteiger partial charge on any atom is -0.516 e. The Labute approximate surface area is 109 Å². The molecule has 0 aliphatic carbocycles. The van der Waals surface area contributed by atoms with Crippen molar-refractivity contribution >= 4 is 0 Å². The van der Waals surface area contributed by atoms with Crippen LogP contribution in [-0.2, 0) is 0 Å². The molecule has 2 heteroatoms. The molecule has 0 saturated heterocycles. The van der Waals surface area contributed by atoms with Gasteiger partial charge in [0, 0.05) is 0 Å². The molecule has 2 nitrogen and oxygen atoms in total. The first-order valence-electron chi connectivity index (χ1n) is 6.03. The molecule has 2 N–H and O–H groups in total. The van der Waals surface area contributed by atoms with E-state index in [4.69, 9.17) is 10.2 Å². The molecule has 0 aromatic carbocycles. The first-order valence-corrected chi connectivity index (χ1v) is 6.03. The summed E-state index contributed by atoms with van der Waals surface area (Å²) in [5, 5.41) is 16.2. The van der Waals surface area contributed by atoms with Gasteiger partial charge in [-0.2, -0.15) is 0 Å². The van der Waals surface area contributed by atoms with Gasteiger partial charge in [-0.05, 0) is 32.1 Å². The van der Waals surface area contributed by atoms with Gasteiger partial charge in [0.2, 0.25) is 0 Å². The molecular formula is C15H34O2. The van der Waals surface area contributed by atoms with Gasteiger partial charge >= 0.3 is 0 Å². The second kappa shape index (κ2) is 24.5. The Bertz CT molecular complexity index is 131. The highest BCUT2D eigenvalue weighted by atomic mass is 16.3. The van der Waals surface area contributed by atoms with Crippen molar-refractivity contribution in [3.05, 3.63) is 25.5 Å². The number of allylic oxidation sites excluding steroid dienone is 1. The van der Waals surface area contributed by atoms with Crippen molar-refractivity contribution < 1.29 is 10.2 Å². The summed E-state index contributed by atoms with van der Waals surface area (Å²) in [6.45, 7) is 14.7. The summed E-state index contributed by atoms with van der Waals surface area (Å²) in [7, 11) is 0. The molecule has 0 radical (unpaired) electrons. The van der Waals surface area contributed by atoms with E-state index in [-0.39, 0.29) is 13.5 Å². The predicted molar refractivity (Wildman–Crippen MR) is 80.4 cm³/mol. The molecule has 0 aromatic rings. The summed E-state index contributed by atoms with van der Waals surface area (Å²) in [6, 6.07) is 0. The molecule has 17 heavy (non-hydrogen) atoms. The first kappa shape index (κ1) is 25.2. The third-order valence-electron chi connectivity index (χ3n) is 2.06. The highest BCUT2D eigenvalue weighted by molar-refractivity contribution is 4.60. The second-order valence-electron chi connectivity index (χ2n) is 3.82. The van der Waals surface area contributed by atoms with E-state index >= 15 is 0 Å². The van der Waals surface area contributed by atoms with Crippen molar-refractivity contribution in [3.8, 4) is 0 Å². The summed E-state index contributed by atoms with van der Waals surface area (Å²) in [6.07, 6.45) is 6.94. The lowest BCUT2D eigenvalue weighted by Gasteiger charge is -2.08. The maximum atomic E-state index is 8.90. The van der Waals surface area contributed by atoms with E-state index in [1.165, 1.54) is 6.42 Å². The zero-order chi connectivity index (χ0) is 13.4. The molecule has 0 saturated carbocycles. The van der Waals surface area contributed by atoms with Crippen molar-refractivity contribution in [2.75, 3.05) is 0 Å². The normalized spacial score (nSPS) is 11.4. The third kappa shape index (κ3) is 51.0. The quantitative estimate of drug-likeness (QED) is 0.523. The molecular weight excluding hydrogens is 212 g/mol. The molecule has 106 valence electrons. The van der Waals surface area contributed by atoms with Gasteiger partial charge in [0.05, 0.1) is 12.4 Å². The highest BCUT2D eigenvalue weighted by Gasteiger charge is 2.00. The Morgan fingerprint density at radius 2 is 1.47 bits per heavy atom. The van der Waals surface area contributed by atoms with E-state index < -0.39 is 0 Å². The van der Waals surface area contributed by atoms with E-state index in [1.807, 2.05) is 13.0 Å². The molecule has 0 aliphatic rings. The lowest BCUT2D eigenvalue weighted by molar-refractivity contribution is 0.174. The largest absolute Gasteiger partial charge is 0.516 e. The van der Waals surface area contributed by atoms with E-state index in [1.54, 1.807) is 0 Å². The lowest BCUT2D eigenvalue weighted by Crippen LogP contribution is -2.02. The van der Waals surface area contributed by atoms with Crippen LogP contribution in [-0.4, -0.2) is 16.3 Å².